The molecular formula is C41H40O2. The van der Waals surface area contributed by atoms with Crippen molar-refractivity contribution in [2.45, 2.75) is 63.9 Å². The lowest BCUT2D eigenvalue weighted by Crippen LogP contribution is -2.35. The molecule has 5 aromatic rings. The van der Waals surface area contributed by atoms with Gasteiger partial charge in [0.25, 0.3) is 0 Å². The minimum atomic E-state index is -0.771. The summed E-state index contributed by atoms with van der Waals surface area (Å²) in [5.74, 6) is 1.79. The minimum absolute atomic E-state index is 0.146. The van der Waals surface area contributed by atoms with Crippen LogP contribution in [0.4, 0.5) is 0 Å². The molecule has 2 heteroatoms. The number of unbranched alkanes of at least 4 members (excludes halogenated alkanes) is 3. The zero-order chi connectivity index (χ0) is 29.6. The summed E-state index contributed by atoms with van der Waals surface area (Å²) in [5, 5.41) is 2.40. The summed E-state index contributed by atoms with van der Waals surface area (Å²) in [6, 6.07) is 35.1. The van der Waals surface area contributed by atoms with Crippen molar-refractivity contribution >= 4 is 16.8 Å². The minimum Gasteiger partial charge on any atom is -0.497 e. The van der Waals surface area contributed by atoms with Gasteiger partial charge >= 0.3 is 0 Å². The van der Waals surface area contributed by atoms with Gasteiger partial charge in [-0.15, -0.1) is 0 Å². The van der Waals surface area contributed by atoms with Crippen LogP contribution in [0.15, 0.2) is 103 Å². The second-order valence-corrected chi connectivity index (χ2v) is 12.6. The fourth-order valence-corrected chi connectivity index (χ4v) is 7.39. The Hall–Kier alpha value is -4.30. The van der Waals surface area contributed by atoms with E-state index in [2.05, 4.69) is 118 Å². The lowest BCUT2D eigenvalue weighted by molar-refractivity contribution is 0.163. The van der Waals surface area contributed by atoms with Gasteiger partial charge in [0.15, 0.2) is 5.60 Å². The molecule has 0 saturated carbocycles. The van der Waals surface area contributed by atoms with Gasteiger partial charge in [0.05, 0.1) is 7.11 Å². The molecule has 43 heavy (non-hydrogen) atoms. The highest BCUT2D eigenvalue weighted by molar-refractivity contribution is 6.08. The van der Waals surface area contributed by atoms with Crippen molar-refractivity contribution in [2.24, 2.45) is 0 Å². The van der Waals surface area contributed by atoms with E-state index in [0.717, 1.165) is 34.4 Å². The summed E-state index contributed by atoms with van der Waals surface area (Å²) in [6.45, 7) is 6.97. The van der Waals surface area contributed by atoms with Gasteiger partial charge in [-0.1, -0.05) is 131 Å². The van der Waals surface area contributed by atoms with Crippen molar-refractivity contribution < 1.29 is 9.47 Å². The first-order valence-corrected chi connectivity index (χ1v) is 15.8. The molecule has 0 amide bonds. The van der Waals surface area contributed by atoms with Crippen LogP contribution in [0.1, 0.15) is 79.8 Å². The molecule has 1 unspecified atom stereocenters. The number of hydrogen-bond acceptors (Lipinski definition) is 2. The van der Waals surface area contributed by atoms with E-state index in [1.165, 1.54) is 64.5 Å². The summed E-state index contributed by atoms with van der Waals surface area (Å²) in [5.41, 5.74) is 9.26. The van der Waals surface area contributed by atoms with E-state index >= 15 is 0 Å². The molecule has 0 aromatic heterocycles. The smallest absolute Gasteiger partial charge is 0.178 e. The molecule has 5 aromatic carbocycles. The summed E-state index contributed by atoms with van der Waals surface area (Å²) >= 11 is 0. The zero-order valence-corrected chi connectivity index (χ0v) is 25.7. The lowest BCUT2D eigenvalue weighted by atomic mass is 9.76. The number of hydrogen-bond donors (Lipinski definition) is 0. The number of aryl methyl sites for hydroxylation is 1. The van der Waals surface area contributed by atoms with Crippen LogP contribution >= 0.6 is 0 Å². The Morgan fingerprint density at radius 3 is 2.12 bits per heavy atom. The van der Waals surface area contributed by atoms with Crippen molar-refractivity contribution in [1.29, 1.82) is 0 Å². The van der Waals surface area contributed by atoms with Crippen LogP contribution in [0, 0.1) is 0 Å². The largest absolute Gasteiger partial charge is 0.497 e. The Kier molecular flexibility index (Phi) is 6.89. The predicted octanol–water partition coefficient (Wildman–Crippen LogP) is 10.6. The van der Waals surface area contributed by atoms with Gasteiger partial charge in [-0.2, -0.15) is 0 Å². The van der Waals surface area contributed by atoms with Crippen molar-refractivity contribution in [3.05, 3.63) is 137 Å². The van der Waals surface area contributed by atoms with Crippen LogP contribution in [-0.4, -0.2) is 7.11 Å². The number of benzene rings is 5. The van der Waals surface area contributed by atoms with Gasteiger partial charge in [0, 0.05) is 27.5 Å². The van der Waals surface area contributed by atoms with Crippen molar-refractivity contribution in [1.82, 2.24) is 0 Å². The van der Waals surface area contributed by atoms with Crippen LogP contribution in [0.25, 0.3) is 28.0 Å². The van der Waals surface area contributed by atoms with E-state index in [9.17, 15) is 0 Å². The molecule has 0 spiro atoms. The lowest BCUT2D eigenvalue weighted by Gasteiger charge is -2.38. The first-order chi connectivity index (χ1) is 21.0. The Labute approximate surface area is 256 Å². The molecule has 1 atom stereocenters. The molecule has 216 valence electrons. The highest BCUT2D eigenvalue weighted by atomic mass is 16.5. The fraction of sp³-hybridized carbons (Fsp3) is 0.268. The van der Waals surface area contributed by atoms with E-state index < -0.39 is 5.60 Å². The average molecular weight is 565 g/mol. The second kappa shape index (κ2) is 10.8. The highest BCUT2D eigenvalue weighted by Gasteiger charge is 2.44. The molecule has 1 heterocycles. The Bertz CT molecular complexity index is 1830. The van der Waals surface area contributed by atoms with E-state index in [-0.39, 0.29) is 5.41 Å². The van der Waals surface area contributed by atoms with Gasteiger partial charge in [-0.25, -0.2) is 0 Å². The van der Waals surface area contributed by atoms with Crippen LogP contribution in [0.5, 0.6) is 11.5 Å². The maximum atomic E-state index is 7.42. The third-order valence-electron chi connectivity index (χ3n) is 9.67. The van der Waals surface area contributed by atoms with E-state index in [1.807, 2.05) is 12.1 Å². The molecule has 2 aliphatic rings. The number of ether oxygens (including phenoxy) is 2. The first kappa shape index (κ1) is 27.5. The average Bonchev–Trinajstić information content (AvgIpc) is 3.30. The SMILES string of the molecule is CCCCCCc1ccc(C2(c3ccc(OC)cc3)C=Cc3c4c(c5ccccc5c3O2)-c2ccccc2C4(C)C)cc1. The first-order valence-electron chi connectivity index (χ1n) is 15.8. The maximum absolute atomic E-state index is 7.42. The van der Waals surface area contributed by atoms with Gasteiger partial charge in [-0.3, -0.25) is 0 Å². The van der Waals surface area contributed by atoms with Crippen LogP contribution in [0.2, 0.25) is 0 Å². The standard InChI is InChI=1S/C41H40O2/c1-5-6-7-8-13-28-18-20-29(21-19-28)41(30-22-24-31(42-4)25-23-30)27-26-35-38-37(32-14-9-10-15-33(32)39(35)43-41)34-16-11-12-17-36(34)40(38,2)3/h9-12,14-27H,5-8,13H2,1-4H3. The molecule has 0 radical (unpaired) electrons. The summed E-state index contributed by atoms with van der Waals surface area (Å²) in [4.78, 5) is 0. The molecule has 0 saturated heterocycles. The molecule has 2 nitrogen and oxygen atoms in total. The topological polar surface area (TPSA) is 18.5 Å². The number of fused-ring (bicyclic) bond motifs is 8. The second-order valence-electron chi connectivity index (χ2n) is 12.6. The number of methoxy groups -OCH3 is 1. The molecule has 0 fully saturated rings. The summed E-state index contributed by atoms with van der Waals surface area (Å²) in [6.07, 6.45) is 10.8. The van der Waals surface area contributed by atoms with Gasteiger partial charge < -0.3 is 9.47 Å². The van der Waals surface area contributed by atoms with Crippen LogP contribution in [-0.2, 0) is 17.4 Å². The molecule has 0 bridgehead atoms. The molecule has 1 aliphatic heterocycles. The third-order valence-corrected chi connectivity index (χ3v) is 9.67. The van der Waals surface area contributed by atoms with E-state index in [0.29, 0.717) is 0 Å². The highest BCUT2D eigenvalue weighted by Crippen LogP contribution is 2.58. The molecule has 7 rings (SSSR count). The zero-order valence-electron chi connectivity index (χ0n) is 25.7. The fourth-order valence-electron chi connectivity index (χ4n) is 7.39. The van der Waals surface area contributed by atoms with E-state index in [1.54, 1.807) is 7.11 Å². The normalized spacial score (nSPS) is 17.7. The molecule has 1 aliphatic carbocycles. The molecular weight excluding hydrogens is 524 g/mol. The van der Waals surface area contributed by atoms with Crippen molar-refractivity contribution in [2.75, 3.05) is 7.11 Å². The van der Waals surface area contributed by atoms with E-state index in [4.69, 9.17) is 9.47 Å². The van der Waals surface area contributed by atoms with Crippen molar-refractivity contribution in [3.8, 4) is 22.6 Å². The summed E-state index contributed by atoms with van der Waals surface area (Å²) in [7, 11) is 1.71. The predicted molar refractivity (Wildman–Crippen MR) is 179 cm³/mol. The molecule has 0 N–H and O–H groups in total. The van der Waals surface area contributed by atoms with Gasteiger partial charge in [-0.05, 0) is 64.3 Å². The van der Waals surface area contributed by atoms with Gasteiger partial charge in [0.2, 0.25) is 0 Å². The Balaban J connectivity index is 1.41. The summed E-state index contributed by atoms with van der Waals surface area (Å²) < 4.78 is 12.9. The quantitative estimate of drug-likeness (QED) is 0.175. The van der Waals surface area contributed by atoms with Crippen LogP contribution < -0.4 is 9.47 Å². The Morgan fingerprint density at radius 2 is 1.40 bits per heavy atom. The third kappa shape index (κ3) is 4.38. The van der Waals surface area contributed by atoms with Crippen molar-refractivity contribution in [3.63, 3.8) is 0 Å². The van der Waals surface area contributed by atoms with Gasteiger partial charge in [0.1, 0.15) is 11.5 Å². The maximum Gasteiger partial charge on any atom is 0.178 e. The monoisotopic (exact) mass is 564 g/mol. The number of rotatable bonds is 8. The van der Waals surface area contributed by atoms with Crippen LogP contribution in [0.3, 0.4) is 0 Å². The Morgan fingerprint density at radius 1 is 0.721 bits per heavy atom.